The summed E-state index contributed by atoms with van der Waals surface area (Å²) in [4.78, 5) is 5.63. The third-order valence-electron chi connectivity index (χ3n) is 8.28. The molecule has 3 nitrogen and oxygen atoms in total. The van der Waals surface area contributed by atoms with Gasteiger partial charge in [0.1, 0.15) is 0 Å². The Morgan fingerprint density at radius 1 is 1.00 bits per heavy atom. The molecule has 0 aromatic heterocycles. The van der Waals surface area contributed by atoms with Gasteiger partial charge in [-0.05, 0) is 98.7 Å². The summed E-state index contributed by atoms with van der Waals surface area (Å²) < 4.78 is 0. The largest absolute Gasteiger partial charge is 0.393 e. The summed E-state index contributed by atoms with van der Waals surface area (Å²) in [6.45, 7) is 2.36. The van der Waals surface area contributed by atoms with Gasteiger partial charge in [0.2, 0.25) is 0 Å². The monoisotopic (exact) mass is 365 g/mol. The Hall–Kier alpha value is -1.61. The SMILES string of the molecule is CC12CCC3C4CC/C(=N\Oc5ccccc5)C=C4CCC3C1CC[C@@H]2O. The van der Waals surface area contributed by atoms with E-state index < -0.39 is 0 Å². The lowest BCUT2D eigenvalue weighted by Crippen LogP contribution is -2.47. The molecule has 1 aromatic rings. The third-order valence-corrected chi connectivity index (χ3v) is 8.28. The average Bonchev–Trinajstić information content (AvgIpc) is 3.01. The predicted molar refractivity (Wildman–Crippen MR) is 108 cm³/mol. The number of rotatable bonds is 2. The zero-order valence-electron chi connectivity index (χ0n) is 16.3. The summed E-state index contributed by atoms with van der Waals surface area (Å²) in [5.41, 5.74) is 2.90. The highest BCUT2D eigenvalue weighted by molar-refractivity contribution is 5.96. The average molecular weight is 366 g/mol. The Balaban J connectivity index is 1.32. The van der Waals surface area contributed by atoms with Crippen molar-refractivity contribution in [3.63, 3.8) is 0 Å². The van der Waals surface area contributed by atoms with Crippen LogP contribution in [0.4, 0.5) is 0 Å². The zero-order valence-corrected chi connectivity index (χ0v) is 16.3. The van der Waals surface area contributed by atoms with E-state index in [4.69, 9.17) is 4.84 Å². The number of aliphatic hydroxyl groups excluding tert-OH is 1. The van der Waals surface area contributed by atoms with Gasteiger partial charge in [-0.25, -0.2) is 0 Å². The van der Waals surface area contributed by atoms with Crippen LogP contribution in [0.1, 0.15) is 58.3 Å². The molecular formula is C24H31NO2. The number of hydrogen-bond acceptors (Lipinski definition) is 3. The third kappa shape index (κ3) is 2.95. The summed E-state index contributed by atoms with van der Waals surface area (Å²) in [6, 6.07) is 9.84. The Morgan fingerprint density at radius 3 is 2.70 bits per heavy atom. The van der Waals surface area contributed by atoms with Crippen LogP contribution in [-0.4, -0.2) is 16.9 Å². The van der Waals surface area contributed by atoms with E-state index >= 15 is 0 Å². The number of hydrogen-bond donors (Lipinski definition) is 1. The molecule has 0 aliphatic heterocycles. The molecular weight excluding hydrogens is 334 g/mol. The molecule has 0 bridgehead atoms. The van der Waals surface area contributed by atoms with Gasteiger partial charge >= 0.3 is 0 Å². The minimum atomic E-state index is -0.0689. The van der Waals surface area contributed by atoms with Gasteiger partial charge in [0, 0.05) is 0 Å². The van der Waals surface area contributed by atoms with Crippen LogP contribution in [0.25, 0.3) is 0 Å². The van der Waals surface area contributed by atoms with Gasteiger partial charge in [0.05, 0.1) is 11.8 Å². The summed E-state index contributed by atoms with van der Waals surface area (Å²) in [6.07, 6.45) is 11.8. The molecule has 3 heteroatoms. The van der Waals surface area contributed by atoms with E-state index in [1.165, 1.54) is 38.5 Å². The van der Waals surface area contributed by atoms with Crippen molar-refractivity contribution in [2.75, 3.05) is 0 Å². The first-order valence-electron chi connectivity index (χ1n) is 10.8. The van der Waals surface area contributed by atoms with Gasteiger partial charge in [-0.1, -0.05) is 35.9 Å². The normalized spacial score (nSPS) is 42.1. The Morgan fingerprint density at radius 2 is 1.85 bits per heavy atom. The molecule has 0 saturated heterocycles. The van der Waals surface area contributed by atoms with Crippen LogP contribution in [0.3, 0.4) is 0 Å². The van der Waals surface area contributed by atoms with Crippen LogP contribution in [0.15, 0.2) is 47.1 Å². The number of oxime groups is 1. The van der Waals surface area contributed by atoms with E-state index in [1.807, 2.05) is 30.3 Å². The molecule has 5 unspecified atom stereocenters. The van der Waals surface area contributed by atoms with E-state index in [-0.39, 0.29) is 11.5 Å². The van der Waals surface area contributed by atoms with E-state index in [0.717, 1.165) is 48.0 Å². The Kier molecular flexibility index (Phi) is 4.39. The van der Waals surface area contributed by atoms with E-state index in [0.29, 0.717) is 0 Å². The first kappa shape index (κ1) is 17.5. The van der Waals surface area contributed by atoms with Crippen molar-refractivity contribution in [2.45, 2.75) is 64.4 Å². The number of benzene rings is 1. The maximum atomic E-state index is 10.6. The summed E-state index contributed by atoms with van der Waals surface area (Å²) in [5.74, 6) is 3.93. The summed E-state index contributed by atoms with van der Waals surface area (Å²) in [7, 11) is 0. The van der Waals surface area contributed by atoms with Crippen LogP contribution in [0.2, 0.25) is 0 Å². The maximum Gasteiger partial charge on any atom is 0.157 e. The van der Waals surface area contributed by atoms with Crippen molar-refractivity contribution in [3.8, 4) is 5.75 Å². The number of fused-ring (bicyclic) bond motifs is 5. The van der Waals surface area contributed by atoms with E-state index in [2.05, 4.69) is 18.2 Å². The van der Waals surface area contributed by atoms with Gasteiger partial charge in [-0.2, -0.15) is 0 Å². The number of para-hydroxylation sites is 1. The van der Waals surface area contributed by atoms with Crippen LogP contribution < -0.4 is 4.84 Å². The summed E-state index contributed by atoms with van der Waals surface area (Å²) in [5, 5.41) is 15.0. The fourth-order valence-corrected chi connectivity index (χ4v) is 6.83. The molecule has 144 valence electrons. The van der Waals surface area contributed by atoms with Crippen molar-refractivity contribution < 1.29 is 9.94 Å². The van der Waals surface area contributed by atoms with Crippen molar-refractivity contribution in [3.05, 3.63) is 42.0 Å². The van der Waals surface area contributed by atoms with Crippen LogP contribution in [0, 0.1) is 29.1 Å². The zero-order chi connectivity index (χ0) is 18.4. The molecule has 6 atom stereocenters. The predicted octanol–water partition coefficient (Wildman–Crippen LogP) is 5.36. The van der Waals surface area contributed by atoms with Crippen LogP contribution in [0.5, 0.6) is 5.75 Å². The first-order chi connectivity index (χ1) is 13.1. The summed E-state index contributed by atoms with van der Waals surface area (Å²) >= 11 is 0. The number of nitrogens with zero attached hydrogens (tertiary/aromatic N) is 1. The Labute approximate surface area is 162 Å². The second-order valence-corrected chi connectivity index (χ2v) is 9.46. The Bertz CT molecular complexity index is 755. The second-order valence-electron chi connectivity index (χ2n) is 9.46. The smallest absolute Gasteiger partial charge is 0.157 e. The van der Waals surface area contributed by atoms with Gasteiger partial charge < -0.3 is 9.94 Å². The van der Waals surface area contributed by atoms with E-state index in [9.17, 15) is 5.11 Å². The van der Waals surface area contributed by atoms with Crippen molar-refractivity contribution in [1.29, 1.82) is 0 Å². The highest BCUT2D eigenvalue weighted by Crippen LogP contribution is 2.61. The van der Waals surface area contributed by atoms with Gasteiger partial charge in [-0.3, -0.25) is 0 Å². The molecule has 1 N–H and O–H groups in total. The lowest BCUT2D eigenvalue weighted by Gasteiger charge is -2.53. The molecule has 4 aliphatic carbocycles. The maximum absolute atomic E-state index is 10.6. The fraction of sp³-hybridized carbons (Fsp3) is 0.625. The van der Waals surface area contributed by atoms with Crippen molar-refractivity contribution >= 4 is 5.71 Å². The van der Waals surface area contributed by atoms with Crippen molar-refractivity contribution in [1.82, 2.24) is 0 Å². The molecule has 0 amide bonds. The molecule has 3 saturated carbocycles. The molecule has 4 aliphatic rings. The molecule has 0 spiro atoms. The van der Waals surface area contributed by atoms with Crippen molar-refractivity contribution in [2.24, 2.45) is 34.2 Å². The first-order valence-corrected chi connectivity index (χ1v) is 10.8. The second kappa shape index (κ2) is 6.77. The molecule has 3 fully saturated rings. The van der Waals surface area contributed by atoms with Gasteiger partial charge in [0.25, 0.3) is 0 Å². The van der Waals surface area contributed by atoms with Gasteiger partial charge in [-0.15, -0.1) is 0 Å². The molecule has 5 rings (SSSR count). The lowest BCUT2D eigenvalue weighted by molar-refractivity contribution is -0.0526. The number of aliphatic hydroxyl groups is 1. The fourth-order valence-electron chi connectivity index (χ4n) is 6.83. The van der Waals surface area contributed by atoms with Crippen LogP contribution in [-0.2, 0) is 0 Å². The standard InChI is InChI=1S/C24H31NO2/c1-24-14-13-20-19-10-8-17(25-27-18-5-3-2-4-6-18)15-16(19)7-9-21(20)22(24)11-12-23(24)26/h2-6,15,19-23,26H,7-14H2,1H3/b25-17+/t19?,20?,21?,22?,23-,24?/m0/s1. The quantitative estimate of drug-likeness (QED) is 0.717. The molecule has 0 heterocycles. The van der Waals surface area contributed by atoms with E-state index in [1.54, 1.807) is 5.57 Å². The highest BCUT2D eigenvalue weighted by Gasteiger charge is 2.55. The minimum Gasteiger partial charge on any atom is -0.393 e. The topological polar surface area (TPSA) is 41.8 Å². The van der Waals surface area contributed by atoms with Crippen LogP contribution >= 0.6 is 0 Å². The molecule has 1 aromatic carbocycles. The lowest BCUT2D eigenvalue weighted by atomic mass is 9.52. The molecule has 0 radical (unpaired) electrons. The minimum absolute atomic E-state index is 0.0689. The highest BCUT2D eigenvalue weighted by atomic mass is 16.6. The van der Waals surface area contributed by atoms with Gasteiger partial charge in [0.15, 0.2) is 5.75 Å². The number of allylic oxidation sites excluding steroid dienone is 2. The molecule has 27 heavy (non-hydrogen) atoms.